The summed E-state index contributed by atoms with van der Waals surface area (Å²) < 4.78 is 0. The van der Waals surface area contributed by atoms with Gasteiger partial charge >= 0.3 is 5.97 Å². The number of carbonyl (C=O) groups excluding carboxylic acids is 1. The van der Waals surface area contributed by atoms with Crippen LogP contribution in [0.3, 0.4) is 0 Å². The number of aliphatic carboxylic acids is 1. The average molecular weight is 378 g/mol. The first-order chi connectivity index (χ1) is 13.5. The van der Waals surface area contributed by atoms with E-state index < -0.39 is 17.4 Å². The summed E-state index contributed by atoms with van der Waals surface area (Å²) in [5.74, 6) is -1.47. The predicted octanol–water partition coefficient (Wildman–Crippen LogP) is 3.25. The number of piperidine rings is 1. The smallest absolute Gasteiger partial charge is 0.309 e. The lowest BCUT2D eigenvalue weighted by Gasteiger charge is -2.45. The number of likely N-dealkylation sites (tertiary alicyclic amines) is 2. The van der Waals surface area contributed by atoms with E-state index in [2.05, 4.69) is 41.3 Å². The minimum atomic E-state index is -0.845. The molecule has 1 unspecified atom stereocenters. The SMILES string of the molecule is CN1C(=O)CC(C(=O)O)C12CCN(Cc1ccc(-c3ccccc3)cc1)CC2. The Kier molecular flexibility index (Phi) is 4.94. The van der Waals surface area contributed by atoms with E-state index in [4.69, 9.17) is 0 Å². The summed E-state index contributed by atoms with van der Waals surface area (Å²) in [7, 11) is 1.77. The van der Waals surface area contributed by atoms with Gasteiger partial charge in [-0.2, -0.15) is 0 Å². The lowest BCUT2D eigenvalue weighted by molar-refractivity contribution is -0.146. The lowest BCUT2D eigenvalue weighted by Crippen LogP contribution is -2.55. The minimum Gasteiger partial charge on any atom is -0.481 e. The Morgan fingerprint density at radius 3 is 2.25 bits per heavy atom. The molecule has 1 atom stereocenters. The van der Waals surface area contributed by atoms with Gasteiger partial charge in [0.15, 0.2) is 0 Å². The fraction of sp³-hybridized carbons (Fsp3) is 0.391. The molecule has 0 aromatic heterocycles. The Labute approximate surface area is 165 Å². The molecular formula is C23H26N2O3. The van der Waals surface area contributed by atoms with Crippen molar-refractivity contribution in [1.29, 1.82) is 0 Å². The monoisotopic (exact) mass is 378 g/mol. The van der Waals surface area contributed by atoms with Crippen LogP contribution < -0.4 is 0 Å². The van der Waals surface area contributed by atoms with Crippen LogP contribution in [0.2, 0.25) is 0 Å². The number of carboxylic acids is 1. The van der Waals surface area contributed by atoms with Crippen molar-refractivity contribution in [3.05, 3.63) is 60.2 Å². The number of carboxylic acid groups (broad SMARTS) is 1. The summed E-state index contributed by atoms with van der Waals surface area (Å²) in [6, 6.07) is 19.0. The second-order valence-electron chi connectivity index (χ2n) is 7.99. The summed E-state index contributed by atoms with van der Waals surface area (Å²) in [6.45, 7) is 2.46. The van der Waals surface area contributed by atoms with Crippen molar-refractivity contribution >= 4 is 11.9 Å². The zero-order valence-electron chi connectivity index (χ0n) is 16.2. The zero-order chi connectivity index (χ0) is 19.7. The maximum atomic E-state index is 12.1. The van der Waals surface area contributed by atoms with E-state index in [-0.39, 0.29) is 12.3 Å². The van der Waals surface area contributed by atoms with Crippen molar-refractivity contribution in [2.24, 2.45) is 5.92 Å². The van der Waals surface area contributed by atoms with Crippen LogP contribution in [0.5, 0.6) is 0 Å². The summed E-state index contributed by atoms with van der Waals surface area (Å²) in [4.78, 5) is 27.9. The quantitative estimate of drug-likeness (QED) is 0.887. The van der Waals surface area contributed by atoms with Gasteiger partial charge in [0.25, 0.3) is 0 Å². The first-order valence-electron chi connectivity index (χ1n) is 9.86. The van der Waals surface area contributed by atoms with Crippen LogP contribution in [0.15, 0.2) is 54.6 Å². The largest absolute Gasteiger partial charge is 0.481 e. The third kappa shape index (κ3) is 3.31. The molecular weight excluding hydrogens is 352 g/mol. The van der Waals surface area contributed by atoms with E-state index in [1.54, 1.807) is 11.9 Å². The molecule has 0 bridgehead atoms. The first kappa shape index (κ1) is 18.7. The standard InChI is InChI=1S/C23H26N2O3/c1-24-21(26)15-20(22(27)28)23(24)11-13-25(14-12-23)16-17-7-9-19(10-8-17)18-5-3-2-4-6-18/h2-10,20H,11-16H2,1H3,(H,27,28). The van der Waals surface area contributed by atoms with Gasteiger partial charge in [-0.25, -0.2) is 0 Å². The maximum absolute atomic E-state index is 12.1. The second kappa shape index (κ2) is 7.40. The number of rotatable bonds is 4. The van der Waals surface area contributed by atoms with Crippen LogP contribution in [-0.2, 0) is 16.1 Å². The third-order valence-corrected chi connectivity index (χ3v) is 6.56. The second-order valence-corrected chi connectivity index (χ2v) is 7.99. The number of benzene rings is 2. The molecule has 2 saturated heterocycles. The molecule has 2 aliphatic rings. The topological polar surface area (TPSA) is 60.9 Å². The van der Waals surface area contributed by atoms with Gasteiger partial charge in [0, 0.05) is 33.1 Å². The van der Waals surface area contributed by atoms with Gasteiger partial charge in [0.05, 0.1) is 11.5 Å². The molecule has 5 nitrogen and oxygen atoms in total. The van der Waals surface area contributed by atoms with Crippen LogP contribution in [0.4, 0.5) is 0 Å². The number of hydrogen-bond donors (Lipinski definition) is 1. The lowest BCUT2D eigenvalue weighted by atomic mass is 9.77. The van der Waals surface area contributed by atoms with Crippen molar-refractivity contribution in [2.45, 2.75) is 31.3 Å². The molecule has 0 saturated carbocycles. The fourth-order valence-corrected chi connectivity index (χ4v) is 4.77. The molecule has 0 radical (unpaired) electrons. The number of amides is 1. The van der Waals surface area contributed by atoms with E-state index in [0.717, 1.165) is 19.6 Å². The molecule has 2 aliphatic heterocycles. The number of nitrogens with zero attached hydrogens (tertiary/aromatic N) is 2. The van der Waals surface area contributed by atoms with Crippen LogP contribution in [-0.4, -0.2) is 52.5 Å². The molecule has 1 N–H and O–H groups in total. The van der Waals surface area contributed by atoms with E-state index in [1.807, 2.05) is 18.2 Å². The zero-order valence-corrected chi connectivity index (χ0v) is 16.2. The van der Waals surface area contributed by atoms with E-state index in [9.17, 15) is 14.7 Å². The van der Waals surface area contributed by atoms with Crippen LogP contribution in [0.1, 0.15) is 24.8 Å². The van der Waals surface area contributed by atoms with Gasteiger partial charge in [-0.05, 0) is 29.5 Å². The Balaban J connectivity index is 1.41. The molecule has 2 heterocycles. The Bertz CT molecular complexity index is 855. The molecule has 1 amide bonds. The number of carbonyl (C=O) groups is 2. The van der Waals surface area contributed by atoms with Gasteiger partial charge in [0.2, 0.25) is 5.91 Å². The predicted molar refractivity (Wildman–Crippen MR) is 108 cm³/mol. The molecule has 1 spiro atoms. The Morgan fingerprint density at radius 1 is 1.04 bits per heavy atom. The highest BCUT2D eigenvalue weighted by molar-refractivity contribution is 5.88. The molecule has 28 heavy (non-hydrogen) atoms. The van der Waals surface area contributed by atoms with Gasteiger partial charge in [-0.1, -0.05) is 54.6 Å². The molecule has 4 rings (SSSR count). The highest BCUT2D eigenvalue weighted by Gasteiger charge is 2.55. The van der Waals surface area contributed by atoms with Crippen molar-refractivity contribution in [3.63, 3.8) is 0 Å². The number of hydrogen-bond acceptors (Lipinski definition) is 3. The Morgan fingerprint density at radius 2 is 1.64 bits per heavy atom. The van der Waals surface area contributed by atoms with Crippen molar-refractivity contribution in [3.8, 4) is 11.1 Å². The molecule has 146 valence electrons. The van der Waals surface area contributed by atoms with Crippen molar-refractivity contribution in [1.82, 2.24) is 9.80 Å². The van der Waals surface area contributed by atoms with Gasteiger partial charge < -0.3 is 10.0 Å². The molecule has 0 aliphatic carbocycles. The third-order valence-electron chi connectivity index (χ3n) is 6.56. The molecule has 5 heteroatoms. The van der Waals surface area contributed by atoms with Crippen LogP contribution in [0.25, 0.3) is 11.1 Å². The van der Waals surface area contributed by atoms with E-state index >= 15 is 0 Å². The Hall–Kier alpha value is -2.66. The molecule has 2 aromatic rings. The van der Waals surface area contributed by atoms with Gasteiger partial charge in [-0.15, -0.1) is 0 Å². The molecule has 2 fully saturated rings. The summed E-state index contributed by atoms with van der Waals surface area (Å²) in [5, 5.41) is 9.59. The summed E-state index contributed by atoms with van der Waals surface area (Å²) >= 11 is 0. The highest BCUT2D eigenvalue weighted by Crippen LogP contribution is 2.43. The van der Waals surface area contributed by atoms with Crippen molar-refractivity contribution in [2.75, 3.05) is 20.1 Å². The maximum Gasteiger partial charge on any atom is 0.309 e. The van der Waals surface area contributed by atoms with E-state index in [1.165, 1.54) is 16.7 Å². The normalized spacial score (nSPS) is 22.0. The highest BCUT2D eigenvalue weighted by atomic mass is 16.4. The van der Waals surface area contributed by atoms with E-state index in [0.29, 0.717) is 12.8 Å². The van der Waals surface area contributed by atoms with Crippen LogP contribution in [0, 0.1) is 5.92 Å². The van der Waals surface area contributed by atoms with Crippen molar-refractivity contribution < 1.29 is 14.7 Å². The summed E-state index contributed by atoms with van der Waals surface area (Å²) in [5.41, 5.74) is 3.15. The van der Waals surface area contributed by atoms with Gasteiger partial charge in [0.1, 0.15) is 0 Å². The average Bonchev–Trinajstić information content (AvgIpc) is 2.96. The summed E-state index contributed by atoms with van der Waals surface area (Å²) in [6.07, 6.45) is 1.56. The first-order valence-corrected chi connectivity index (χ1v) is 9.86. The van der Waals surface area contributed by atoms with Crippen LogP contribution >= 0.6 is 0 Å². The fourth-order valence-electron chi connectivity index (χ4n) is 4.77. The molecule has 2 aromatic carbocycles. The minimum absolute atomic E-state index is 0.0441. The van der Waals surface area contributed by atoms with Gasteiger partial charge in [-0.3, -0.25) is 14.5 Å².